The molecule has 108 valence electrons. The Labute approximate surface area is 121 Å². The third-order valence-corrected chi connectivity index (χ3v) is 3.13. The summed E-state index contributed by atoms with van der Waals surface area (Å²) in [5.41, 5.74) is 2.15. The standard InChI is InChI=1S/C14H15FN6/c1-3-16-14-19-12-11(17-8-18-12)13(20-14)21(2)10-6-4-9(15)5-7-10/h4-8H,3H2,1-2H3,(H2,16,17,18,19,20). The van der Waals surface area contributed by atoms with Crippen LogP contribution in [0.3, 0.4) is 0 Å². The molecule has 3 aromatic rings. The van der Waals surface area contributed by atoms with E-state index in [1.165, 1.54) is 12.1 Å². The number of aromatic amines is 1. The molecule has 0 saturated carbocycles. The zero-order valence-electron chi connectivity index (χ0n) is 11.8. The van der Waals surface area contributed by atoms with Crippen LogP contribution in [-0.4, -0.2) is 33.5 Å². The third-order valence-electron chi connectivity index (χ3n) is 3.13. The molecular weight excluding hydrogens is 271 g/mol. The summed E-state index contributed by atoms with van der Waals surface area (Å²) in [4.78, 5) is 17.9. The first kappa shape index (κ1) is 13.3. The number of fused-ring (bicyclic) bond motifs is 1. The van der Waals surface area contributed by atoms with Crippen molar-refractivity contribution in [1.29, 1.82) is 0 Å². The molecule has 2 heterocycles. The predicted octanol–water partition coefficient (Wildman–Crippen LogP) is 2.69. The second-order valence-electron chi connectivity index (χ2n) is 4.54. The van der Waals surface area contributed by atoms with E-state index in [-0.39, 0.29) is 5.82 Å². The fraction of sp³-hybridized carbons (Fsp3) is 0.214. The van der Waals surface area contributed by atoms with E-state index in [4.69, 9.17) is 0 Å². The number of nitrogens with one attached hydrogen (secondary N) is 2. The number of halogens is 1. The number of rotatable bonds is 4. The molecule has 2 N–H and O–H groups in total. The average molecular weight is 286 g/mol. The topological polar surface area (TPSA) is 69.7 Å². The van der Waals surface area contributed by atoms with Crippen LogP contribution in [0, 0.1) is 5.82 Å². The zero-order chi connectivity index (χ0) is 14.8. The van der Waals surface area contributed by atoms with Gasteiger partial charge in [-0.3, -0.25) is 0 Å². The Bertz CT molecular complexity index is 752. The Morgan fingerprint density at radius 1 is 1.24 bits per heavy atom. The number of benzene rings is 1. The van der Waals surface area contributed by atoms with E-state index in [0.29, 0.717) is 17.4 Å². The Balaban J connectivity index is 2.09. The molecule has 0 saturated heterocycles. The maximum absolute atomic E-state index is 13.1. The first-order chi connectivity index (χ1) is 10.2. The van der Waals surface area contributed by atoms with E-state index >= 15 is 0 Å². The third kappa shape index (κ3) is 2.49. The van der Waals surface area contributed by atoms with Crippen molar-refractivity contribution in [3.05, 3.63) is 36.4 Å². The number of hydrogen-bond acceptors (Lipinski definition) is 5. The van der Waals surface area contributed by atoms with Crippen LogP contribution in [0.15, 0.2) is 30.6 Å². The molecule has 0 atom stereocenters. The Kier molecular flexibility index (Phi) is 3.39. The average Bonchev–Trinajstić information content (AvgIpc) is 2.95. The first-order valence-corrected chi connectivity index (χ1v) is 6.63. The molecule has 0 fully saturated rings. The maximum atomic E-state index is 13.1. The lowest BCUT2D eigenvalue weighted by molar-refractivity contribution is 0.628. The fourth-order valence-corrected chi connectivity index (χ4v) is 2.08. The summed E-state index contributed by atoms with van der Waals surface area (Å²) in [5.74, 6) is 0.927. The Morgan fingerprint density at radius 2 is 2.00 bits per heavy atom. The molecule has 0 aliphatic rings. The number of imidazole rings is 1. The summed E-state index contributed by atoms with van der Waals surface area (Å²) in [5, 5.41) is 3.08. The monoisotopic (exact) mass is 286 g/mol. The lowest BCUT2D eigenvalue weighted by Gasteiger charge is -2.19. The molecule has 2 aromatic heterocycles. The van der Waals surface area contributed by atoms with Crippen LogP contribution in [0.25, 0.3) is 11.2 Å². The largest absolute Gasteiger partial charge is 0.354 e. The second-order valence-corrected chi connectivity index (χ2v) is 4.54. The Morgan fingerprint density at radius 3 is 2.71 bits per heavy atom. The highest BCUT2D eigenvalue weighted by atomic mass is 19.1. The molecule has 0 aliphatic heterocycles. The molecule has 6 nitrogen and oxygen atoms in total. The SMILES string of the molecule is CCNc1nc(N(C)c2ccc(F)cc2)c2[nH]cnc2n1. The minimum Gasteiger partial charge on any atom is -0.354 e. The summed E-state index contributed by atoms with van der Waals surface area (Å²) < 4.78 is 13.1. The molecule has 7 heteroatoms. The van der Waals surface area contributed by atoms with Crippen LogP contribution in [0.5, 0.6) is 0 Å². The van der Waals surface area contributed by atoms with Crippen LogP contribution in [0.2, 0.25) is 0 Å². The quantitative estimate of drug-likeness (QED) is 0.771. The van der Waals surface area contributed by atoms with Gasteiger partial charge in [-0.15, -0.1) is 0 Å². The van der Waals surface area contributed by atoms with Crippen LogP contribution in [0.1, 0.15) is 6.92 Å². The summed E-state index contributed by atoms with van der Waals surface area (Å²) in [7, 11) is 1.87. The number of anilines is 3. The minimum atomic E-state index is -0.269. The van der Waals surface area contributed by atoms with Gasteiger partial charge in [0.25, 0.3) is 0 Å². The van der Waals surface area contributed by atoms with Gasteiger partial charge in [0.05, 0.1) is 6.33 Å². The number of hydrogen-bond donors (Lipinski definition) is 2. The first-order valence-electron chi connectivity index (χ1n) is 6.63. The van der Waals surface area contributed by atoms with Crippen LogP contribution < -0.4 is 10.2 Å². The summed E-state index contributed by atoms with van der Waals surface area (Å²) in [6, 6.07) is 6.24. The highest BCUT2D eigenvalue weighted by molar-refractivity contribution is 5.86. The van der Waals surface area contributed by atoms with Crippen molar-refractivity contribution >= 4 is 28.6 Å². The maximum Gasteiger partial charge on any atom is 0.226 e. The van der Waals surface area contributed by atoms with E-state index in [9.17, 15) is 4.39 Å². The highest BCUT2D eigenvalue weighted by Gasteiger charge is 2.14. The van der Waals surface area contributed by atoms with Gasteiger partial charge in [-0.2, -0.15) is 9.97 Å². The normalized spacial score (nSPS) is 10.8. The molecular formula is C14H15FN6. The Hall–Kier alpha value is -2.70. The van der Waals surface area contributed by atoms with Gasteiger partial charge in [-0.25, -0.2) is 9.37 Å². The van der Waals surface area contributed by atoms with Gasteiger partial charge in [-0.1, -0.05) is 0 Å². The zero-order valence-corrected chi connectivity index (χ0v) is 11.8. The second kappa shape index (κ2) is 5.35. The van der Waals surface area contributed by atoms with E-state index in [1.807, 2.05) is 18.9 Å². The number of nitrogens with zero attached hydrogens (tertiary/aromatic N) is 4. The summed E-state index contributed by atoms with van der Waals surface area (Å²) >= 11 is 0. The molecule has 0 amide bonds. The molecule has 0 aliphatic carbocycles. The lowest BCUT2D eigenvalue weighted by Crippen LogP contribution is -2.14. The smallest absolute Gasteiger partial charge is 0.226 e. The van der Waals surface area contributed by atoms with E-state index < -0.39 is 0 Å². The molecule has 3 rings (SSSR count). The van der Waals surface area contributed by atoms with Gasteiger partial charge < -0.3 is 15.2 Å². The van der Waals surface area contributed by atoms with Gasteiger partial charge in [-0.05, 0) is 31.2 Å². The molecule has 0 unspecified atom stereocenters. The van der Waals surface area contributed by atoms with Gasteiger partial charge in [0.15, 0.2) is 11.5 Å². The van der Waals surface area contributed by atoms with Crippen molar-refractivity contribution in [3.8, 4) is 0 Å². The van der Waals surface area contributed by atoms with Crippen molar-refractivity contribution in [2.75, 3.05) is 23.8 Å². The van der Waals surface area contributed by atoms with E-state index in [1.54, 1.807) is 18.5 Å². The molecule has 0 spiro atoms. The summed E-state index contributed by atoms with van der Waals surface area (Å²) in [6.07, 6.45) is 1.58. The number of aromatic nitrogens is 4. The molecule has 21 heavy (non-hydrogen) atoms. The van der Waals surface area contributed by atoms with Gasteiger partial charge >= 0.3 is 0 Å². The van der Waals surface area contributed by atoms with Crippen molar-refractivity contribution in [2.45, 2.75) is 6.92 Å². The molecule has 0 bridgehead atoms. The van der Waals surface area contributed by atoms with Crippen LogP contribution in [0.4, 0.5) is 21.8 Å². The predicted molar refractivity (Wildman–Crippen MR) is 80.3 cm³/mol. The fourth-order valence-electron chi connectivity index (χ4n) is 2.08. The van der Waals surface area contributed by atoms with Gasteiger partial charge in [0.1, 0.15) is 11.3 Å². The van der Waals surface area contributed by atoms with Crippen LogP contribution >= 0.6 is 0 Å². The van der Waals surface area contributed by atoms with Gasteiger partial charge in [0.2, 0.25) is 5.95 Å². The van der Waals surface area contributed by atoms with Crippen molar-refractivity contribution in [1.82, 2.24) is 19.9 Å². The van der Waals surface area contributed by atoms with E-state index in [2.05, 4.69) is 25.3 Å². The highest BCUT2D eigenvalue weighted by Crippen LogP contribution is 2.27. The van der Waals surface area contributed by atoms with Crippen LogP contribution in [-0.2, 0) is 0 Å². The van der Waals surface area contributed by atoms with Gasteiger partial charge in [0, 0.05) is 19.3 Å². The molecule has 0 radical (unpaired) electrons. The van der Waals surface area contributed by atoms with Crippen molar-refractivity contribution < 1.29 is 4.39 Å². The number of H-pyrrole nitrogens is 1. The lowest BCUT2D eigenvalue weighted by atomic mass is 10.3. The molecule has 1 aromatic carbocycles. The van der Waals surface area contributed by atoms with E-state index in [0.717, 1.165) is 17.7 Å². The van der Waals surface area contributed by atoms with Crippen molar-refractivity contribution in [2.24, 2.45) is 0 Å². The minimum absolute atomic E-state index is 0.269. The summed E-state index contributed by atoms with van der Waals surface area (Å²) in [6.45, 7) is 2.69. The van der Waals surface area contributed by atoms with Crippen molar-refractivity contribution in [3.63, 3.8) is 0 Å².